The summed E-state index contributed by atoms with van der Waals surface area (Å²) in [6, 6.07) is 0. The lowest BCUT2D eigenvalue weighted by molar-refractivity contribution is 0.0803. The summed E-state index contributed by atoms with van der Waals surface area (Å²) >= 11 is 0. The molecule has 0 radical (unpaired) electrons. The quantitative estimate of drug-likeness (QED) is 0.394. The monoisotopic (exact) mass is 318 g/mol. The zero-order chi connectivity index (χ0) is 14.8. The van der Waals surface area contributed by atoms with Gasteiger partial charge in [-0.25, -0.2) is 0 Å². The van der Waals surface area contributed by atoms with E-state index in [-0.39, 0.29) is 13.8 Å². The zero-order valence-corrected chi connectivity index (χ0v) is 10.8. The first-order valence-corrected chi connectivity index (χ1v) is 7.06. The Morgan fingerprint density at radius 2 is 1.00 bits per heavy atom. The molecule has 0 spiro atoms. The fourth-order valence-corrected chi connectivity index (χ4v) is 1.48. The minimum absolute atomic E-state index is 0.0418. The third-order valence-electron chi connectivity index (χ3n) is 1.44. The molecule has 0 aliphatic rings. The van der Waals surface area contributed by atoms with Crippen LogP contribution < -0.4 is 0 Å². The van der Waals surface area contributed by atoms with Gasteiger partial charge in [0.05, 0.1) is 13.2 Å². The molecule has 0 aliphatic heterocycles. The van der Waals surface area contributed by atoms with Gasteiger partial charge in [-0.3, -0.25) is 8.37 Å². The Morgan fingerprint density at radius 1 is 0.778 bits per heavy atom. The van der Waals surface area contributed by atoms with Gasteiger partial charge in [0.1, 0.15) is 0 Å². The van der Waals surface area contributed by atoms with Crippen molar-refractivity contribution in [1.29, 1.82) is 0 Å². The van der Waals surface area contributed by atoms with Crippen LogP contribution in [0, 0.1) is 0 Å². The van der Waals surface area contributed by atoms with Gasteiger partial charge in [-0.05, 0) is 0 Å². The fraction of sp³-hybridized carbons (Fsp3) is 1.00. The van der Waals surface area contributed by atoms with Gasteiger partial charge in [-0.1, -0.05) is 0 Å². The van der Waals surface area contributed by atoms with Gasteiger partial charge in [0.15, 0.2) is 0 Å². The molecule has 0 heterocycles. The molecule has 0 saturated carbocycles. The number of rotatable bonds is 7. The second kappa shape index (κ2) is 5.27. The van der Waals surface area contributed by atoms with E-state index in [1.807, 2.05) is 0 Å². The Kier molecular flexibility index (Phi) is 5.13. The minimum atomic E-state index is -5.25. The van der Waals surface area contributed by atoms with E-state index in [2.05, 4.69) is 8.37 Å². The van der Waals surface area contributed by atoms with Crippen molar-refractivity contribution in [3.05, 3.63) is 0 Å². The third kappa shape index (κ3) is 4.66. The number of alkyl halides is 4. The zero-order valence-electron chi connectivity index (χ0n) is 9.19. The maximum atomic E-state index is 12.4. The summed E-state index contributed by atoms with van der Waals surface area (Å²) in [4.78, 5) is 0. The maximum Gasteiger partial charge on any atom is 0.367 e. The van der Waals surface area contributed by atoms with Crippen molar-refractivity contribution in [3.63, 3.8) is 0 Å². The summed E-state index contributed by atoms with van der Waals surface area (Å²) in [5.41, 5.74) is 0. The molecule has 0 rings (SSSR count). The van der Waals surface area contributed by atoms with Crippen LogP contribution in [0.25, 0.3) is 0 Å². The first-order chi connectivity index (χ1) is 7.71. The second-order valence-electron chi connectivity index (χ2n) is 3.17. The number of halogens is 4. The van der Waals surface area contributed by atoms with Crippen molar-refractivity contribution in [2.24, 2.45) is 0 Å². The van der Waals surface area contributed by atoms with E-state index < -0.39 is 44.0 Å². The summed E-state index contributed by atoms with van der Waals surface area (Å²) in [6.07, 6.45) is 0. The van der Waals surface area contributed by atoms with Crippen LogP contribution in [0.4, 0.5) is 17.6 Å². The molecule has 0 N–H and O–H groups in total. The summed E-state index contributed by atoms with van der Waals surface area (Å²) < 4.78 is 99.4. The molecule has 0 aliphatic carbocycles. The van der Waals surface area contributed by atoms with Crippen molar-refractivity contribution < 1.29 is 42.8 Å². The van der Waals surface area contributed by atoms with Gasteiger partial charge in [-0.2, -0.15) is 34.4 Å². The summed E-state index contributed by atoms with van der Waals surface area (Å²) in [5, 5.41) is -8.39. The molecule has 12 heteroatoms. The molecule has 0 saturated heterocycles. The summed E-state index contributed by atoms with van der Waals surface area (Å²) in [7, 11) is -10.5. The Labute approximate surface area is 101 Å². The van der Waals surface area contributed by atoms with E-state index in [1.165, 1.54) is 0 Å². The highest BCUT2D eigenvalue weighted by Gasteiger charge is 2.42. The first-order valence-electron chi connectivity index (χ1n) is 4.24. The maximum absolute atomic E-state index is 12.4. The Morgan fingerprint density at radius 3 is 1.17 bits per heavy atom. The summed E-state index contributed by atoms with van der Waals surface area (Å²) in [5.74, 6) is 0. The van der Waals surface area contributed by atoms with Gasteiger partial charge < -0.3 is 0 Å². The highest BCUT2D eigenvalue weighted by molar-refractivity contribution is 7.88. The first kappa shape index (κ1) is 17.5. The third-order valence-corrected chi connectivity index (χ3v) is 4.15. The molecule has 0 aromatic carbocycles. The predicted molar refractivity (Wildman–Crippen MR) is 51.0 cm³/mol. The van der Waals surface area contributed by atoms with E-state index >= 15 is 0 Å². The highest BCUT2D eigenvalue weighted by Crippen LogP contribution is 2.23. The van der Waals surface area contributed by atoms with E-state index in [0.29, 0.717) is 0 Å². The van der Waals surface area contributed by atoms with Gasteiger partial charge in [0.25, 0.3) is 0 Å². The van der Waals surface area contributed by atoms with Gasteiger partial charge >= 0.3 is 30.7 Å². The average Bonchev–Trinajstić information content (AvgIpc) is 2.08. The van der Waals surface area contributed by atoms with Crippen LogP contribution in [0.3, 0.4) is 0 Å². The molecule has 0 fully saturated rings. The Hall–Kier alpha value is -0.460. The molecule has 0 amide bonds. The van der Waals surface area contributed by atoms with E-state index in [1.54, 1.807) is 0 Å². The number of hydrogen-bond donors (Lipinski definition) is 0. The second-order valence-corrected chi connectivity index (χ2v) is 6.89. The van der Waals surface area contributed by atoms with Crippen molar-refractivity contribution in [3.8, 4) is 0 Å². The largest absolute Gasteiger partial charge is 0.367 e. The van der Waals surface area contributed by atoms with Crippen LogP contribution in [0.1, 0.15) is 13.8 Å². The fourth-order valence-electron chi connectivity index (χ4n) is 0.494. The van der Waals surface area contributed by atoms with Crippen molar-refractivity contribution in [2.45, 2.75) is 24.4 Å². The van der Waals surface area contributed by atoms with Gasteiger partial charge in [0.2, 0.25) is 0 Å². The lowest BCUT2D eigenvalue weighted by atomic mass is 10.8. The van der Waals surface area contributed by atoms with Crippen molar-refractivity contribution >= 4 is 20.2 Å². The van der Waals surface area contributed by atoms with Gasteiger partial charge in [-0.15, -0.1) is 0 Å². The molecule has 0 aromatic rings. The normalized spacial score (nSPS) is 14.8. The molecule has 6 nitrogen and oxygen atoms in total. The molecule has 0 atom stereocenters. The molecular weight excluding hydrogens is 308 g/mol. The Balaban J connectivity index is 4.36. The average molecular weight is 318 g/mol. The molecule has 0 bridgehead atoms. The smallest absolute Gasteiger partial charge is 0.263 e. The standard InChI is InChI=1S/C6H10F4O6S2/c1-5(7,8)17(11,12)15-3-4-16-18(13,14)6(2,9)10/h3-4H2,1-2H3. The molecular formula is C6H10F4O6S2. The van der Waals surface area contributed by atoms with Crippen LogP contribution in [-0.4, -0.2) is 40.6 Å². The van der Waals surface area contributed by atoms with Crippen LogP contribution >= 0.6 is 0 Å². The van der Waals surface area contributed by atoms with E-state index in [0.717, 1.165) is 0 Å². The number of hydrogen-bond acceptors (Lipinski definition) is 6. The molecule has 0 unspecified atom stereocenters. The predicted octanol–water partition coefficient (Wildman–Crippen LogP) is 0.905. The van der Waals surface area contributed by atoms with Crippen LogP contribution in [0.2, 0.25) is 0 Å². The van der Waals surface area contributed by atoms with Gasteiger partial charge in [0, 0.05) is 13.8 Å². The van der Waals surface area contributed by atoms with Crippen LogP contribution in [-0.2, 0) is 28.6 Å². The lowest BCUT2D eigenvalue weighted by Gasteiger charge is -2.13. The highest BCUT2D eigenvalue weighted by atomic mass is 32.2. The lowest BCUT2D eigenvalue weighted by Crippen LogP contribution is -2.30. The van der Waals surface area contributed by atoms with Crippen LogP contribution in [0.5, 0.6) is 0 Å². The SMILES string of the molecule is CC(F)(F)S(=O)(=O)OCCOS(=O)(=O)C(C)(F)F. The Bertz CT molecular complexity index is 425. The summed E-state index contributed by atoms with van der Waals surface area (Å²) in [6.45, 7) is -2.19. The molecule has 0 aromatic heterocycles. The minimum Gasteiger partial charge on any atom is -0.263 e. The van der Waals surface area contributed by atoms with Crippen LogP contribution in [0.15, 0.2) is 0 Å². The molecule has 18 heavy (non-hydrogen) atoms. The topological polar surface area (TPSA) is 86.7 Å². The van der Waals surface area contributed by atoms with E-state index in [4.69, 9.17) is 0 Å². The van der Waals surface area contributed by atoms with Crippen molar-refractivity contribution in [1.82, 2.24) is 0 Å². The van der Waals surface area contributed by atoms with Crippen molar-refractivity contribution in [2.75, 3.05) is 13.2 Å². The van der Waals surface area contributed by atoms with E-state index in [9.17, 15) is 34.4 Å². The molecule has 110 valence electrons.